The van der Waals surface area contributed by atoms with Gasteiger partial charge in [-0.25, -0.2) is 4.57 Å². The molecule has 0 heterocycles. The number of esters is 1. The zero-order chi connectivity index (χ0) is 55.0. The van der Waals surface area contributed by atoms with E-state index in [1.165, 1.54) is 83.5 Å². The van der Waals surface area contributed by atoms with Crippen LogP contribution < -0.4 is 5.32 Å². The number of hydrogen-bond donors (Lipinski definition) is 2. The van der Waals surface area contributed by atoms with Gasteiger partial charge >= 0.3 is 13.8 Å². The molecule has 9 nitrogen and oxygen atoms in total. The molecule has 0 aliphatic heterocycles. The molecule has 428 valence electrons. The molecule has 0 aromatic heterocycles. The maximum atomic E-state index is 13.5. The minimum atomic E-state index is -4.48. The number of likely N-dealkylation sites (N-methyl/N-ethyl adjacent to an activating group) is 1. The van der Waals surface area contributed by atoms with Gasteiger partial charge in [0.25, 0.3) is 0 Å². The molecule has 0 saturated heterocycles. The van der Waals surface area contributed by atoms with Gasteiger partial charge in [0, 0.05) is 12.8 Å². The van der Waals surface area contributed by atoms with E-state index >= 15 is 0 Å². The number of quaternary nitrogens is 1. The van der Waals surface area contributed by atoms with E-state index in [1.807, 2.05) is 33.3 Å². The first-order chi connectivity index (χ1) is 36.4. The number of rotatable bonds is 52. The molecule has 3 unspecified atom stereocenters. The van der Waals surface area contributed by atoms with Crippen molar-refractivity contribution in [2.75, 3.05) is 40.9 Å². The first-order valence-electron chi connectivity index (χ1n) is 29.9. The zero-order valence-corrected chi connectivity index (χ0v) is 49.6. The van der Waals surface area contributed by atoms with Crippen molar-refractivity contribution in [3.63, 3.8) is 0 Å². The minimum absolute atomic E-state index is 0.0185. The largest absolute Gasteiger partial charge is 0.472 e. The van der Waals surface area contributed by atoms with Gasteiger partial charge in [-0.2, -0.15) is 0 Å². The van der Waals surface area contributed by atoms with Crippen LogP contribution >= 0.6 is 7.82 Å². The van der Waals surface area contributed by atoms with Gasteiger partial charge in [0.2, 0.25) is 5.91 Å². The molecule has 0 bridgehead atoms. The molecule has 0 rings (SSSR count). The van der Waals surface area contributed by atoms with Crippen molar-refractivity contribution in [2.45, 2.75) is 238 Å². The Hall–Kier alpha value is -3.59. The summed E-state index contributed by atoms with van der Waals surface area (Å²) in [6.07, 6.45) is 74.9. The lowest BCUT2D eigenvalue weighted by molar-refractivity contribution is -0.870. The predicted molar refractivity (Wildman–Crippen MR) is 323 cm³/mol. The van der Waals surface area contributed by atoms with Gasteiger partial charge in [0.15, 0.2) is 0 Å². The maximum absolute atomic E-state index is 13.5. The SMILES string of the molecule is CC/C=C\C/C=C\C/C=C\C/C=C\C/C=C\CCCCCC(=O)NC(COP(=O)(O)OCC[N+](C)(C)C)C(/C=C/CCCCCCCCCCCCC)OC(=O)CCC/C=C\C/C=C\C/C=C\C/C=C\CCCCC. The number of hydrogen-bond acceptors (Lipinski definition) is 6. The fraction of sp³-hybridized carbons (Fsp3) is 0.662. The monoisotopic (exact) mass is 1060 g/mol. The first-order valence-corrected chi connectivity index (χ1v) is 31.4. The minimum Gasteiger partial charge on any atom is -0.456 e. The summed E-state index contributed by atoms with van der Waals surface area (Å²) in [5, 5.41) is 3.02. The van der Waals surface area contributed by atoms with Crippen molar-refractivity contribution in [2.24, 2.45) is 0 Å². The lowest BCUT2D eigenvalue weighted by atomic mass is 10.0. The van der Waals surface area contributed by atoms with Crippen LogP contribution in [0.15, 0.2) is 122 Å². The molecule has 3 atom stereocenters. The standard InChI is InChI=1S/C65H111N2O7P/c1-7-10-13-16-19-22-25-28-30-32-33-35-36-39-42-45-48-51-54-57-64(68)66-62(61-73-75(70,71)72-60-59-67(4,5)6)63(56-53-50-47-44-41-38-27-24-21-18-15-12-9-3)74-65(69)58-55-52-49-46-43-40-37-34-31-29-26-23-20-17-14-11-8-2/h10,13,19-20,22-23,28-31,33,35,37,39-40,42,46,49,53,56,62-63H,7-9,11-12,14-18,21,24-27,32,34,36,38,41,43-45,47-48,50-52,54-55,57-61H2,1-6H3,(H-,66,68,70,71)/p+1/b13-10-,22-19-,23-20-,30-28-,31-29-,35-33-,40-37-,42-39-,49-46-,56-53+. The van der Waals surface area contributed by atoms with Gasteiger partial charge < -0.3 is 19.4 Å². The van der Waals surface area contributed by atoms with E-state index in [0.29, 0.717) is 23.9 Å². The highest BCUT2D eigenvalue weighted by Gasteiger charge is 2.30. The predicted octanol–water partition coefficient (Wildman–Crippen LogP) is 18.3. The molecule has 75 heavy (non-hydrogen) atoms. The van der Waals surface area contributed by atoms with Crippen LogP contribution in [0.2, 0.25) is 0 Å². The van der Waals surface area contributed by atoms with Crippen LogP contribution in [0.4, 0.5) is 0 Å². The maximum Gasteiger partial charge on any atom is 0.472 e. The van der Waals surface area contributed by atoms with E-state index in [9.17, 15) is 19.0 Å². The fourth-order valence-corrected chi connectivity index (χ4v) is 8.52. The van der Waals surface area contributed by atoms with E-state index < -0.39 is 25.9 Å². The molecular formula is C65H112N2O7P+. The third-order valence-electron chi connectivity index (χ3n) is 12.4. The quantitative estimate of drug-likeness (QED) is 0.0205. The molecule has 2 N–H and O–H groups in total. The number of nitrogens with zero attached hydrogens (tertiary/aromatic N) is 1. The zero-order valence-electron chi connectivity index (χ0n) is 48.7. The van der Waals surface area contributed by atoms with Crippen LogP contribution in [-0.2, 0) is 27.9 Å². The van der Waals surface area contributed by atoms with E-state index in [-0.39, 0.29) is 32.0 Å². The Kier molecular flexibility index (Phi) is 51.2. The van der Waals surface area contributed by atoms with Crippen LogP contribution in [0.1, 0.15) is 226 Å². The molecule has 0 aliphatic rings. The summed E-state index contributed by atoms with van der Waals surface area (Å²) in [4.78, 5) is 37.6. The van der Waals surface area contributed by atoms with Crippen LogP contribution in [-0.4, -0.2) is 74.3 Å². The average Bonchev–Trinajstić information content (AvgIpc) is 3.37. The van der Waals surface area contributed by atoms with Gasteiger partial charge in [0.1, 0.15) is 19.3 Å². The van der Waals surface area contributed by atoms with Crippen molar-refractivity contribution in [1.82, 2.24) is 5.32 Å². The Labute approximate surface area is 461 Å². The Morgan fingerprint density at radius 1 is 0.480 bits per heavy atom. The van der Waals surface area contributed by atoms with Crippen LogP contribution in [0.5, 0.6) is 0 Å². The number of phosphoric acid groups is 1. The highest BCUT2D eigenvalue weighted by molar-refractivity contribution is 7.47. The molecule has 0 aromatic carbocycles. The molecule has 0 aliphatic carbocycles. The van der Waals surface area contributed by atoms with E-state index in [1.54, 1.807) is 0 Å². The van der Waals surface area contributed by atoms with Gasteiger partial charge in [-0.3, -0.25) is 18.6 Å². The lowest BCUT2D eigenvalue weighted by Gasteiger charge is -2.27. The first kappa shape index (κ1) is 71.4. The number of allylic oxidation sites excluding steroid dienone is 19. The summed E-state index contributed by atoms with van der Waals surface area (Å²) in [5.74, 6) is -0.617. The number of amides is 1. The highest BCUT2D eigenvalue weighted by Crippen LogP contribution is 2.43. The van der Waals surface area contributed by atoms with Gasteiger partial charge in [-0.1, -0.05) is 220 Å². The number of unbranched alkanes of at least 4 members (excludes halogenated alkanes) is 18. The van der Waals surface area contributed by atoms with Crippen molar-refractivity contribution in [3.05, 3.63) is 122 Å². The summed E-state index contributed by atoms with van der Waals surface area (Å²) in [6, 6.07) is -0.896. The third kappa shape index (κ3) is 55.0. The average molecular weight is 1060 g/mol. The number of carbonyl (C=O) groups is 2. The normalized spacial score (nSPS) is 14.6. The Morgan fingerprint density at radius 2 is 0.867 bits per heavy atom. The summed E-state index contributed by atoms with van der Waals surface area (Å²) in [6.45, 7) is 6.79. The van der Waals surface area contributed by atoms with Crippen LogP contribution in [0.25, 0.3) is 0 Å². The number of phosphoric ester groups is 1. The second-order valence-electron chi connectivity index (χ2n) is 20.8. The molecule has 0 radical (unpaired) electrons. The highest BCUT2D eigenvalue weighted by atomic mass is 31.2. The summed E-state index contributed by atoms with van der Waals surface area (Å²) in [7, 11) is 1.43. The lowest BCUT2D eigenvalue weighted by Crippen LogP contribution is -2.47. The second-order valence-corrected chi connectivity index (χ2v) is 22.2. The van der Waals surface area contributed by atoms with E-state index in [4.69, 9.17) is 13.8 Å². The van der Waals surface area contributed by atoms with Crippen LogP contribution in [0.3, 0.4) is 0 Å². The van der Waals surface area contributed by atoms with Crippen molar-refractivity contribution in [3.8, 4) is 0 Å². The number of carbonyl (C=O) groups excluding carboxylic acids is 2. The van der Waals surface area contributed by atoms with E-state index in [0.717, 1.165) is 96.3 Å². The molecule has 1 amide bonds. The van der Waals surface area contributed by atoms with Gasteiger partial charge in [-0.05, 0) is 115 Å². The van der Waals surface area contributed by atoms with Gasteiger partial charge in [0.05, 0.1) is 33.8 Å². The molecule has 0 saturated carbocycles. The molecular weight excluding hydrogens is 952 g/mol. The van der Waals surface area contributed by atoms with Crippen molar-refractivity contribution >= 4 is 19.7 Å². The number of ether oxygens (including phenoxy) is 1. The molecule has 0 fully saturated rings. The molecule has 0 aromatic rings. The van der Waals surface area contributed by atoms with Crippen molar-refractivity contribution in [1.29, 1.82) is 0 Å². The molecule has 0 spiro atoms. The number of nitrogens with one attached hydrogen (secondary N) is 1. The third-order valence-corrected chi connectivity index (χ3v) is 13.4. The second kappa shape index (κ2) is 53.8. The Balaban J connectivity index is 5.50. The van der Waals surface area contributed by atoms with Crippen LogP contribution in [0, 0.1) is 0 Å². The molecule has 10 heteroatoms. The summed E-state index contributed by atoms with van der Waals surface area (Å²) >= 11 is 0. The Bertz CT molecular complexity index is 1700. The fourth-order valence-electron chi connectivity index (χ4n) is 7.78. The van der Waals surface area contributed by atoms with Crippen molar-refractivity contribution < 1.29 is 37.3 Å². The smallest absolute Gasteiger partial charge is 0.456 e. The van der Waals surface area contributed by atoms with E-state index in [2.05, 4.69) is 135 Å². The summed E-state index contributed by atoms with van der Waals surface area (Å²) in [5.41, 5.74) is 0. The Morgan fingerprint density at radius 3 is 1.33 bits per heavy atom. The van der Waals surface area contributed by atoms with Gasteiger partial charge in [-0.15, -0.1) is 0 Å². The topological polar surface area (TPSA) is 111 Å². The summed E-state index contributed by atoms with van der Waals surface area (Å²) < 4.78 is 30.6.